The van der Waals surface area contributed by atoms with E-state index in [4.69, 9.17) is 9.05 Å². The predicted molar refractivity (Wildman–Crippen MR) is 184 cm³/mol. The lowest BCUT2D eigenvalue weighted by Crippen LogP contribution is -2.27. The van der Waals surface area contributed by atoms with Crippen molar-refractivity contribution in [2.45, 2.75) is 201 Å². The Bertz CT molecular complexity index is 547. The highest BCUT2D eigenvalue weighted by Crippen LogP contribution is 2.43. The molecule has 0 saturated heterocycles. The second-order valence-corrected chi connectivity index (χ2v) is 14.3. The molecule has 0 aliphatic heterocycles. The molecule has 0 rings (SSSR count). The molecule has 0 aromatic heterocycles. The highest BCUT2D eigenvalue weighted by Gasteiger charge is 2.19. The van der Waals surface area contributed by atoms with E-state index >= 15 is 0 Å². The van der Waals surface area contributed by atoms with Crippen molar-refractivity contribution in [1.29, 1.82) is 0 Å². The molecule has 0 amide bonds. The van der Waals surface area contributed by atoms with Crippen molar-refractivity contribution in [3.05, 3.63) is 0 Å². The fourth-order valence-corrected chi connectivity index (χ4v) is 6.49. The maximum absolute atomic E-state index is 12.1. The maximum Gasteiger partial charge on any atom is 0.472 e. The highest BCUT2D eigenvalue weighted by atomic mass is 31.2. The third kappa shape index (κ3) is 33.0. The van der Waals surface area contributed by atoms with E-state index in [9.17, 15) is 9.46 Å². The molecule has 1 N–H and O–H groups in total. The Balaban J connectivity index is 3.76. The van der Waals surface area contributed by atoms with E-state index in [0.717, 1.165) is 25.7 Å². The summed E-state index contributed by atoms with van der Waals surface area (Å²) in [5.74, 6) is 0. The van der Waals surface area contributed by atoms with E-state index in [1.54, 1.807) is 0 Å². The van der Waals surface area contributed by atoms with Crippen molar-refractivity contribution >= 4 is 7.82 Å². The summed E-state index contributed by atoms with van der Waals surface area (Å²) in [7, 11) is -3.89. The van der Waals surface area contributed by atoms with Crippen LogP contribution in [0.3, 0.4) is 0 Å². The van der Waals surface area contributed by atoms with Gasteiger partial charge in [0, 0.05) is 0 Å². The molecule has 0 aromatic rings. The molecule has 254 valence electrons. The molecule has 0 spiro atoms. The molecule has 5 nitrogen and oxygen atoms in total. The van der Waals surface area contributed by atoms with Gasteiger partial charge in [0.15, 0.2) is 0 Å². The number of rotatable bonds is 36. The van der Waals surface area contributed by atoms with Crippen molar-refractivity contribution in [2.75, 3.05) is 32.8 Å². The van der Waals surface area contributed by atoms with Crippen LogP contribution in [0, 0.1) is 0 Å². The normalized spacial score (nSPS) is 13.3. The lowest BCUT2D eigenvalue weighted by Gasteiger charge is -2.22. The van der Waals surface area contributed by atoms with Gasteiger partial charge in [-0.25, -0.2) is 4.57 Å². The van der Waals surface area contributed by atoms with Gasteiger partial charge < -0.3 is 9.79 Å². The molecule has 0 bridgehead atoms. The maximum atomic E-state index is 12.1. The standard InChI is InChI=1S/C36H76NO4P/c1-4-7-10-13-16-17-18-20-25-30-35-40-42(38,39)41-36-31-26-21-19-24-29-34-37(32-27-22-14-11-8-5-2)33-28-23-15-12-9-6-3/h4-36H2,1-3H3,(H,38,39). The van der Waals surface area contributed by atoms with Crippen molar-refractivity contribution < 1.29 is 18.5 Å². The van der Waals surface area contributed by atoms with E-state index in [1.165, 1.54) is 174 Å². The van der Waals surface area contributed by atoms with Crippen LogP contribution >= 0.6 is 7.82 Å². The molecule has 0 saturated carbocycles. The van der Waals surface area contributed by atoms with E-state index in [2.05, 4.69) is 25.7 Å². The summed E-state index contributed by atoms with van der Waals surface area (Å²) in [5.41, 5.74) is 0. The van der Waals surface area contributed by atoms with Gasteiger partial charge in [-0.15, -0.1) is 0 Å². The minimum atomic E-state index is -3.89. The van der Waals surface area contributed by atoms with Crippen molar-refractivity contribution in [3.63, 3.8) is 0 Å². The van der Waals surface area contributed by atoms with Crippen molar-refractivity contribution in [1.82, 2.24) is 4.90 Å². The Morgan fingerprint density at radius 1 is 0.405 bits per heavy atom. The molecule has 0 radical (unpaired) electrons. The average molecular weight is 618 g/mol. The Hall–Kier alpha value is 0.0700. The van der Waals surface area contributed by atoms with E-state index < -0.39 is 7.82 Å². The predicted octanol–water partition coefficient (Wildman–Crippen LogP) is 12.4. The first-order valence-electron chi connectivity index (χ1n) is 18.9. The third-order valence-electron chi connectivity index (χ3n) is 8.53. The van der Waals surface area contributed by atoms with Crippen LogP contribution in [0.25, 0.3) is 0 Å². The zero-order valence-corrected chi connectivity index (χ0v) is 29.8. The molecule has 0 aromatic carbocycles. The number of unbranched alkanes of at least 4 members (excludes halogenated alkanes) is 24. The number of hydrogen-bond donors (Lipinski definition) is 1. The first-order chi connectivity index (χ1) is 20.6. The van der Waals surface area contributed by atoms with Gasteiger partial charge in [-0.1, -0.05) is 168 Å². The van der Waals surface area contributed by atoms with Gasteiger partial charge in [-0.05, 0) is 51.7 Å². The Morgan fingerprint density at radius 3 is 0.929 bits per heavy atom. The first kappa shape index (κ1) is 42.1. The van der Waals surface area contributed by atoms with Crippen LogP contribution in [-0.4, -0.2) is 42.6 Å². The summed E-state index contributed by atoms with van der Waals surface area (Å²) in [5, 5.41) is 0. The van der Waals surface area contributed by atoms with Crippen LogP contribution < -0.4 is 0 Å². The molecular weight excluding hydrogens is 541 g/mol. The molecule has 0 heterocycles. The number of phosphoric acid groups is 1. The minimum absolute atomic E-state index is 0.316. The zero-order valence-electron chi connectivity index (χ0n) is 28.9. The van der Waals surface area contributed by atoms with E-state index in [1.807, 2.05) is 0 Å². The zero-order chi connectivity index (χ0) is 30.8. The SMILES string of the molecule is CCCCCCCCCCCCOP(=O)(O)OCCCCCCCCN(CCCCCCCC)CCCCCCCC. The summed E-state index contributed by atoms with van der Waals surface area (Å²) >= 11 is 0. The van der Waals surface area contributed by atoms with E-state index in [-0.39, 0.29) is 0 Å². The highest BCUT2D eigenvalue weighted by molar-refractivity contribution is 7.47. The summed E-state index contributed by atoms with van der Waals surface area (Å²) in [6.07, 6.45) is 35.8. The average Bonchev–Trinajstić information content (AvgIpc) is 2.98. The molecule has 1 atom stereocenters. The van der Waals surface area contributed by atoms with Crippen molar-refractivity contribution in [2.24, 2.45) is 0 Å². The van der Waals surface area contributed by atoms with Gasteiger partial charge in [-0.3, -0.25) is 9.05 Å². The quantitative estimate of drug-likeness (QED) is 0.0560. The third-order valence-corrected chi connectivity index (χ3v) is 9.55. The fourth-order valence-electron chi connectivity index (χ4n) is 5.70. The Labute approximate surface area is 264 Å². The number of nitrogens with zero attached hydrogens (tertiary/aromatic N) is 1. The van der Waals surface area contributed by atoms with Crippen LogP contribution in [0.4, 0.5) is 0 Å². The van der Waals surface area contributed by atoms with Crippen LogP contribution in [-0.2, 0) is 13.6 Å². The lowest BCUT2D eigenvalue weighted by molar-refractivity contribution is 0.145. The van der Waals surface area contributed by atoms with Gasteiger partial charge in [0.25, 0.3) is 0 Å². The summed E-state index contributed by atoms with van der Waals surface area (Å²) in [6.45, 7) is 11.3. The lowest BCUT2D eigenvalue weighted by atomic mass is 10.1. The van der Waals surface area contributed by atoms with Crippen LogP contribution in [0.15, 0.2) is 0 Å². The van der Waals surface area contributed by atoms with Gasteiger partial charge >= 0.3 is 7.82 Å². The summed E-state index contributed by atoms with van der Waals surface area (Å²) < 4.78 is 22.5. The summed E-state index contributed by atoms with van der Waals surface area (Å²) in [4.78, 5) is 12.7. The molecule has 42 heavy (non-hydrogen) atoms. The Kier molecular flexibility index (Phi) is 34.0. The van der Waals surface area contributed by atoms with Crippen LogP contribution in [0.5, 0.6) is 0 Å². The molecule has 0 aliphatic rings. The summed E-state index contributed by atoms with van der Waals surface area (Å²) in [6, 6.07) is 0. The molecular formula is C36H76NO4P. The molecule has 0 fully saturated rings. The van der Waals surface area contributed by atoms with Crippen LogP contribution in [0.1, 0.15) is 201 Å². The first-order valence-corrected chi connectivity index (χ1v) is 20.4. The van der Waals surface area contributed by atoms with Gasteiger partial charge in [0.2, 0.25) is 0 Å². The Morgan fingerprint density at radius 2 is 0.643 bits per heavy atom. The van der Waals surface area contributed by atoms with Gasteiger partial charge in [0.05, 0.1) is 13.2 Å². The molecule has 6 heteroatoms. The second kappa shape index (κ2) is 34.0. The van der Waals surface area contributed by atoms with Crippen molar-refractivity contribution in [3.8, 4) is 0 Å². The molecule has 1 unspecified atom stereocenters. The van der Waals surface area contributed by atoms with Gasteiger partial charge in [-0.2, -0.15) is 0 Å². The van der Waals surface area contributed by atoms with E-state index in [0.29, 0.717) is 13.2 Å². The van der Waals surface area contributed by atoms with Gasteiger partial charge in [0.1, 0.15) is 0 Å². The number of phosphoric ester groups is 1. The topological polar surface area (TPSA) is 59.0 Å². The smallest absolute Gasteiger partial charge is 0.303 e. The largest absolute Gasteiger partial charge is 0.472 e. The number of hydrogen-bond acceptors (Lipinski definition) is 4. The monoisotopic (exact) mass is 618 g/mol. The second-order valence-electron chi connectivity index (χ2n) is 12.8. The minimum Gasteiger partial charge on any atom is -0.303 e. The van der Waals surface area contributed by atoms with Crippen LogP contribution in [0.2, 0.25) is 0 Å². The fraction of sp³-hybridized carbons (Fsp3) is 1.00. The molecule has 0 aliphatic carbocycles.